The van der Waals surface area contributed by atoms with Gasteiger partial charge in [-0.05, 0) is 51.6 Å². The molecule has 2 aliphatic rings. The third kappa shape index (κ3) is 3.30. The molecule has 2 aliphatic heterocycles. The lowest BCUT2D eigenvalue weighted by Gasteiger charge is -2.55. The summed E-state index contributed by atoms with van der Waals surface area (Å²) in [5, 5.41) is 10.6. The highest BCUT2D eigenvalue weighted by Crippen LogP contribution is 2.45. The SMILES string of the molecule is CC(=O)N1CC2(CCN(Cc3cncs3)CC2)C[C@@H](O)C1(C)C. The number of piperidine rings is 2. The van der Waals surface area contributed by atoms with Gasteiger partial charge in [-0.15, -0.1) is 11.3 Å². The van der Waals surface area contributed by atoms with Gasteiger partial charge < -0.3 is 10.0 Å². The summed E-state index contributed by atoms with van der Waals surface area (Å²) in [4.78, 5) is 21.9. The predicted octanol–water partition coefficient (Wildman–Crippen LogP) is 2.12. The van der Waals surface area contributed by atoms with Crippen LogP contribution in [0.15, 0.2) is 11.7 Å². The molecule has 0 aliphatic carbocycles. The van der Waals surface area contributed by atoms with E-state index in [1.54, 1.807) is 18.3 Å². The Morgan fingerprint density at radius 3 is 2.70 bits per heavy atom. The van der Waals surface area contributed by atoms with Crippen LogP contribution in [-0.2, 0) is 11.3 Å². The molecule has 0 bridgehead atoms. The fraction of sp³-hybridized carbons (Fsp3) is 0.765. The van der Waals surface area contributed by atoms with Gasteiger partial charge in [-0.2, -0.15) is 0 Å². The molecule has 1 spiro atoms. The quantitative estimate of drug-likeness (QED) is 0.898. The van der Waals surface area contributed by atoms with Gasteiger partial charge in [0.2, 0.25) is 5.91 Å². The third-order valence-electron chi connectivity index (χ3n) is 5.79. The second-order valence-electron chi connectivity index (χ2n) is 7.72. The van der Waals surface area contributed by atoms with Gasteiger partial charge in [0.15, 0.2) is 0 Å². The Hall–Kier alpha value is -0.980. The van der Waals surface area contributed by atoms with E-state index in [-0.39, 0.29) is 11.3 Å². The van der Waals surface area contributed by atoms with Crippen molar-refractivity contribution in [1.29, 1.82) is 0 Å². The van der Waals surface area contributed by atoms with Crippen LogP contribution in [0, 0.1) is 5.41 Å². The topological polar surface area (TPSA) is 56.7 Å². The number of aliphatic hydroxyl groups is 1. The molecule has 5 nitrogen and oxygen atoms in total. The Morgan fingerprint density at radius 1 is 1.43 bits per heavy atom. The van der Waals surface area contributed by atoms with Gasteiger partial charge in [0, 0.05) is 31.1 Å². The van der Waals surface area contributed by atoms with Gasteiger partial charge in [-0.1, -0.05) is 0 Å². The van der Waals surface area contributed by atoms with E-state index in [2.05, 4.69) is 9.88 Å². The smallest absolute Gasteiger partial charge is 0.219 e. The van der Waals surface area contributed by atoms with Crippen LogP contribution >= 0.6 is 11.3 Å². The zero-order valence-corrected chi connectivity index (χ0v) is 15.1. The predicted molar refractivity (Wildman–Crippen MR) is 91.1 cm³/mol. The van der Waals surface area contributed by atoms with Crippen molar-refractivity contribution in [1.82, 2.24) is 14.8 Å². The van der Waals surface area contributed by atoms with Crippen LogP contribution in [0.25, 0.3) is 0 Å². The minimum atomic E-state index is -0.461. The molecule has 1 aromatic rings. The molecule has 0 aromatic carbocycles. The summed E-state index contributed by atoms with van der Waals surface area (Å²) in [5.41, 5.74) is 1.49. The molecule has 3 heterocycles. The first-order chi connectivity index (χ1) is 10.8. The molecule has 1 amide bonds. The fourth-order valence-corrected chi connectivity index (χ4v) is 4.68. The number of carbonyl (C=O) groups excluding carboxylic acids is 1. The van der Waals surface area contributed by atoms with Crippen LogP contribution < -0.4 is 0 Å². The molecule has 2 saturated heterocycles. The Kier molecular flexibility index (Phi) is 4.51. The molecule has 2 fully saturated rings. The monoisotopic (exact) mass is 337 g/mol. The fourth-order valence-electron chi connectivity index (χ4n) is 4.05. The summed E-state index contributed by atoms with van der Waals surface area (Å²) < 4.78 is 0. The third-order valence-corrected chi connectivity index (χ3v) is 6.56. The Morgan fingerprint density at radius 2 is 2.13 bits per heavy atom. The summed E-state index contributed by atoms with van der Waals surface area (Å²) in [6.45, 7) is 9.36. The average molecular weight is 337 g/mol. The van der Waals surface area contributed by atoms with Crippen molar-refractivity contribution in [2.45, 2.75) is 58.2 Å². The molecule has 0 unspecified atom stereocenters. The molecule has 0 saturated carbocycles. The Bertz CT molecular complexity index is 550. The zero-order valence-electron chi connectivity index (χ0n) is 14.3. The maximum absolute atomic E-state index is 12.1. The lowest BCUT2D eigenvalue weighted by Crippen LogP contribution is -2.64. The summed E-state index contributed by atoms with van der Waals surface area (Å²) in [5.74, 6) is 0.0696. The molecular formula is C17H27N3O2S. The van der Waals surface area contributed by atoms with Crippen LogP contribution in [0.2, 0.25) is 0 Å². The van der Waals surface area contributed by atoms with Crippen LogP contribution in [-0.4, -0.2) is 57.1 Å². The largest absolute Gasteiger partial charge is 0.391 e. The first-order valence-electron chi connectivity index (χ1n) is 8.38. The molecule has 3 rings (SSSR count). The van der Waals surface area contributed by atoms with Gasteiger partial charge in [0.1, 0.15) is 0 Å². The van der Waals surface area contributed by atoms with Crippen molar-refractivity contribution >= 4 is 17.2 Å². The van der Waals surface area contributed by atoms with Gasteiger partial charge in [-0.25, -0.2) is 0 Å². The van der Waals surface area contributed by atoms with E-state index in [1.165, 1.54) is 4.88 Å². The van der Waals surface area contributed by atoms with E-state index in [0.29, 0.717) is 0 Å². The van der Waals surface area contributed by atoms with E-state index < -0.39 is 11.6 Å². The highest BCUT2D eigenvalue weighted by atomic mass is 32.1. The van der Waals surface area contributed by atoms with Crippen molar-refractivity contribution in [2.75, 3.05) is 19.6 Å². The number of rotatable bonds is 2. The number of thiazole rings is 1. The maximum Gasteiger partial charge on any atom is 0.219 e. The summed E-state index contributed by atoms with van der Waals surface area (Å²) >= 11 is 1.70. The van der Waals surface area contributed by atoms with Crippen molar-refractivity contribution in [3.63, 3.8) is 0 Å². The van der Waals surface area contributed by atoms with Crippen LogP contribution in [0.5, 0.6) is 0 Å². The van der Waals surface area contributed by atoms with E-state index in [0.717, 1.165) is 45.4 Å². The van der Waals surface area contributed by atoms with E-state index in [4.69, 9.17) is 0 Å². The first-order valence-corrected chi connectivity index (χ1v) is 9.26. The molecule has 1 aromatic heterocycles. The number of aliphatic hydroxyl groups excluding tert-OH is 1. The molecule has 1 atom stereocenters. The number of nitrogens with zero attached hydrogens (tertiary/aromatic N) is 3. The van der Waals surface area contributed by atoms with Crippen molar-refractivity contribution in [3.05, 3.63) is 16.6 Å². The summed E-state index contributed by atoms with van der Waals surface area (Å²) in [6.07, 6.45) is 4.39. The normalized spacial score (nSPS) is 27.3. The Balaban J connectivity index is 1.66. The lowest BCUT2D eigenvalue weighted by atomic mass is 9.67. The van der Waals surface area contributed by atoms with Crippen molar-refractivity contribution < 1.29 is 9.90 Å². The number of amides is 1. The zero-order chi connectivity index (χ0) is 16.7. The van der Waals surface area contributed by atoms with Crippen LogP contribution in [0.1, 0.15) is 44.9 Å². The molecule has 128 valence electrons. The molecule has 0 radical (unpaired) electrons. The van der Waals surface area contributed by atoms with Crippen LogP contribution in [0.3, 0.4) is 0 Å². The van der Waals surface area contributed by atoms with E-state index in [1.807, 2.05) is 30.5 Å². The Labute approximate surface area is 142 Å². The number of likely N-dealkylation sites (tertiary alicyclic amines) is 2. The van der Waals surface area contributed by atoms with Crippen molar-refractivity contribution in [3.8, 4) is 0 Å². The highest BCUT2D eigenvalue weighted by molar-refractivity contribution is 7.09. The van der Waals surface area contributed by atoms with Crippen LogP contribution in [0.4, 0.5) is 0 Å². The maximum atomic E-state index is 12.1. The average Bonchev–Trinajstić information content (AvgIpc) is 2.99. The molecule has 6 heteroatoms. The molecule has 23 heavy (non-hydrogen) atoms. The number of hydrogen-bond acceptors (Lipinski definition) is 5. The van der Waals surface area contributed by atoms with Gasteiger partial charge >= 0.3 is 0 Å². The summed E-state index contributed by atoms with van der Waals surface area (Å²) in [6, 6.07) is 0. The van der Waals surface area contributed by atoms with Gasteiger partial charge in [-0.3, -0.25) is 14.7 Å². The minimum absolute atomic E-state index is 0.0696. The second-order valence-corrected chi connectivity index (χ2v) is 8.69. The highest BCUT2D eigenvalue weighted by Gasteiger charge is 2.50. The van der Waals surface area contributed by atoms with Gasteiger partial charge in [0.25, 0.3) is 0 Å². The van der Waals surface area contributed by atoms with E-state index in [9.17, 15) is 9.90 Å². The minimum Gasteiger partial charge on any atom is -0.391 e. The van der Waals surface area contributed by atoms with E-state index >= 15 is 0 Å². The molecule has 1 N–H and O–H groups in total. The lowest BCUT2D eigenvalue weighted by molar-refractivity contribution is -0.157. The van der Waals surface area contributed by atoms with Crippen molar-refractivity contribution in [2.24, 2.45) is 5.41 Å². The molecular weight excluding hydrogens is 310 g/mol. The first kappa shape index (κ1) is 16.9. The number of aromatic nitrogens is 1. The number of hydrogen-bond donors (Lipinski definition) is 1. The van der Waals surface area contributed by atoms with Gasteiger partial charge in [0.05, 0.1) is 17.2 Å². The standard InChI is InChI=1S/C17H27N3O2S/c1-13(21)20-11-17(8-15(22)16(20,2)3)4-6-19(7-5-17)10-14-9-18-12-23-14/h9,12,15,22H,4-8,10-11H2,1-3H3/t15-/m1/s1. The second kappa shape index (κ2) is 6.15. The summed E-state index contributed by atoms with van der Waals surface area (Å²) in [7, 11) is 0. The number of carbonyl (C=O) groups is 1.